The molecule has 0 fully saturated rings. The Morgan fingerprint density at radius 2 is 1.48 bits per heavy atom. The molecule has 0 spiro atoms. The lowest BCUT2D eigenvalue weighted by Crippen LogP contribution is -1.93. The summed E-state index contributed by atoms with van der Waals surface area (Å²) in [5.41, 5.74) is 3.97. The quantitative estimate of drug-likeness (QED) is 0.625. The van der Waals surface area contributed by atoms with Crippen LogP contribution in [-0.4, -0.2) is 5.78 Å². The molecule has 0 N–H and O–H groups in total. The number of halogens is 1. The number of carbonyl (C=O) groups is 1. The number of rotatable bonds is 1. The molecule has 1 nitrogen and oxygen atoms in total. The van der Waals surface area contributed by atoms with Gasteiger partial charge in [0.05, 0.1) is 0 Å². The monoisotopic (exact) mass is 276 g/mol. The second kappa shape index (κ2) is 4.52. The Hall–Kier alpha value is -2.48. The average Bonchev–Trinajstić information content (AvgIpc) is 2.90. The van der Waals surface area contributed by atoms with Gasteiger partial charge >= 0.3 is 0 Å². The molecule has 2 heteroatoms. The van der Waals surface area contributed by atoms with E-state index >= 15 is 0 Å². The number of carbonyl (C=O) groups excluding carboxylic acids is 1. The maximum Gasteiger partial charge on any atom is 0.163 e. The van der Waals surface area contributed by atoms with Crippen LogP contribution in [0.2, 0.25) is 0 Å². The van der Waals surface area contributed by atoms with Crippen molar-refractivity contribution in [3.63, 3.8) is 0 Å². The van der Waals surface area contributed by atoms with Gasteiger partial charge in [-0.05, 0) is 34.6 Å². The molecule has 0 aliphatic heterocycles. The van der Waals surface area contributed by atoms with Gasteiger partial charge in [-0.3, -0.25) is 4.79 Å². The molecule has 4 rings (SSSR count). The SMILES string of the molecule is O=C1CCc2c1cccc2-c1ccc(F)c2ccccc12. The largest absolute Gasteiger partial charge is 0.294 e. The van der Waals surface area contributed by atoms with Gasteiger partial charge in [0.15, 0.2) is 5.78 Å². The van der Waals surface area contributed by atoms with Crippen molar-refractivity contribution < 1.29 is 9.18 Å². The van der Waals surface area contributed by atoms with Gasteiger partial charge in [-0.2, -0.15) is 0 Å². The third-order valence-corrected chi connectivity index (χ3v) is 4.24. The van der Waals surface area contributed by atoms with Crippen LogP contribution in [-0.2, 0) is 6.42 Å². The fourth-order valence-electron chi connectivity index (χ4n) is 3.24. The van der Waals surface area contributed by atoms with E-state index in [2.05, 4.69) is 0 Å². The molecule has 0 unspecified atom stereocenters. The third-order valence-electron chi connectivity index (χ3n) is 4.24. The average molecular weight is 276 g/mol. The topological polar surface area (TPSA) is 17.1 Å². The van der Waals surface area contributed by atoms with Crippen LogP contribution < -0.4 is 0 Å². The molecule has 0 heterocycles. The summed E-state index contributed by atoms with van der Waals surface area (Å²) in [5.74, 6) is -0.00345. The summed E-state index contributed by atoms with van der Waals surface area (Å²) in [7, 11) is 0. The van der Waals surface area contributed by atoms with Crippen molar-refractivity contribution in [1.82, 2.24) is 0 Å². The Morgan fingerprint density at radius 1 is 0.714 bits per heavy atom. The minimum Gasteiger partial charge on any atom is -0.294 e. The number of ketones is 1. The van der Waals surface area contributed by atoms with E-state index in [0.29, 0.717) is 11.8 Å². The van der Waals surface area contributed by atoms with Gasteiger partial charge in [0, 0.05) is 17.4 Å². The smallest absolute Gasteiger partial charge is 0.163 e. The lowest BCUT2D eigenvalue weighted by molar-refractivity contribution is 0.0994. The van der Waals surface area contributed by atoms with Crippen molar-refractivity contribution in [2.45, 2.75) is 12.8 Å². The summed E-state index contributed by atoms with van der Waals surface area (Å²) in [6, 6.07) is 16.6. The van der Waals surface area contributed by atoms with Crippen LogP contribution in [0.25, 0.3) is 21.9 Å². The maximum atomic E-state index is 14.0. The number of Topliss-reactive ketones (excluding diaryl/α,β-unsaturated/α-hetero) is 1. The highest BCUT2D eigenvalue weighted by Crippen LogP contribution is 2.36. The van der Waals surface area contributed by atoms with Crippen LogP contribution in [0.1, 0.15) is 22.3 Å². The van der Waals surface area contributed by atoms with Crippen molar-refractivity contribution in [1.29, 1.82) is 0 Å². The van der Waals surface area contributed by atoms with E-state index < -0.39 is 0 Å². The molecule has 0 aromatic heterocycles. The van der Waals surface area contributed by atoms with E-state index in [0.717, 1.165) is 34.1 Å². The molecule has 0 radical (unpaired) electrons. The van der Waals surface area contributed by atoms with Gasteiger partial charge in [-0.15, -0.1) is 0 Å². The van der Waals surface area contributed by atoms with E-state index in [4.69, 9.17) is 0 Å². The molecule has 3 aromatic carbocycles. The highest BCUT2D eigenvalue weighted by Gasteiger charge is 2.23. The second-order valence-corrected chi connectivity index (χ2v) is 5.40. The van der Waals surface area contributed by atoms with Crippen LogP contribution in [0.15, 0.2) is 54.6 Å². The van der Waals surface area contributed by atoms with Gasteiger partial charge in [-0.25, -0.2) is 4.39 Å². The Labute approximate surface area is 122 Å². The number of hydrogen-bond acceptors (Lipinski definition) is 1. The minimum absolute atomic E-state index is 0.207. The van der Waals surface area contributed by atoms with E-state index in [9.17, 15) is 9.18 Å². The van der Waals surface area contributed by atoms with E-state index in [1.807, 2.05) is 42.5 Å². The zero-order chi connectivity index (χ0) is 14.4. The summed E-state index contributed by atoms with van der Waals surface area (Å²) in [4.78, 5) is 11.9. The number of hydrogen-bond donors (Lipinski definition) is 0. The zero-order valence-electron chi connectivity index (χ0n) is 11.4. The molecule has 0 saturated carbocycles. The fraction of sp³-hybridized carbons (Fsp3) is 0.105. The first-order chi connectivity index (χ1) is 10.3. The van der Waals surface area contributed by atoms with E-state index in [-0.39, 0.29) is 11.6 Å². The number of fused-ring (bicyclic) bond motifs is 2. The molecular formula is C19H13FO. The zero-order valence-corrected chi connectivity index (χ0v) is 11.4. The Bertz CT molecular complexity index is 880. The molecule has 102 valence electrons. The molecule has 0 atom stereocenters. The highest BCUT2D eigenvalue weighted by molar-refractivity contribution is 6.05. The Morgan fingerprint density at radius 3 is 2.33 bits per heavy atom. The summed E-state index contributed by atoms with van der Waals surface area (Å²) in [5, 5.41) is 1.52. The van der Waals surface area contributed by atoms with Crippen molar-refractivity contribution in [2.24, 2.45) is 0 Å². The predicted octanol–water partition coefficient (Wildman–Crippen LogP) is 4.77. The van der Waals surface area contributed by atoms with Crippen LogP contribution in [0, 0.1) is 5.82 Å². The first-order valence-corrected chi connectivity index (χ1v) is 7.08. The molecule has 21 heavy (non-hydrogen) atoms. The van der Waals surface area contributed by atoms with Crippen molar-refractivity contribution >= 4 is 16.6 Å². The van der Waals surface area contributed by atoms with Gasteiger partial charge in [0.2, 0.25) is 0 Å². The van der Waals surface area contributed by atoms with E-state index in [1.54, 1.807) is 6.07 Å². The maximum absolute atomic E-state index is 14.0. The van der Waals surface area contributed by atoms with E-state index in [1.165, 1.54) is 6.07 Å². The normalized spacial score (nSPS) is 13.7. The second-order valence-electron chi connectivity index (χ2n) is 5.40. The Balaban J connectivity index is 2.05. The molecule has 1 aliphatic carbocycles. The summed E-state index contributed by atoms with van der Waals surface area (Å²) in [6.07, 6.45) is 1.35. The highest BCUT2D eigenvalue weighted by atomic mass is 19.1. The summed E-state index contributed by atoms with van der Waals surface area (Å²) < 4.78 is 14.0. The minimum atomic E-state index is -0.210. The molecule has 1 aliphatic rings. The first-order valence-electron chi connectivity index (χ1n) is 7.08. The van der Waals surface area contributed by atoms with Crippen molar-refractivity contribution in [3.05, 3.63) is 71.5 Å². The van der Waals surface area contributed by atoms with Crippen molar-refractivity contribution in [2.75, 3.05) is 0 Å². The number of benzene rings is 3. The van der Waals surface area contributed by atoms with Gasteiger partial charge < -0.3 is 0 Å². The molecule has 0 saturated heterocycles. The first kappa shape index (κ1) is 12.3. The standard InChI is InChI=1S/C19H13FO/c20-18-10-8-14(13-4-1-2-5-16(13)18)12-6-3-7-17-15(12)9-11-19(17)21/h1-8,10H,9,11H2. The third kappa shape index (κ3) is 1.79. The summed E-state index contributed by atoms with van der Waals surface area (Å²) in [6.45, 7) is 0. The van der Waals surface area contributed by atoms with Gasteiger partial charge in [0.1, 0.15) is 5.82 Å². The molecule has 0 bridgehead atoms. The molecule has 3 aromatic rings. The van der Waals surface area contributed by atoms with Crippen LogP contribution >= 0.6 is 0 Å². The Kier molecular flexibility index (Phi) is 2.64. The van der Waals surface area contributed by atoms with Crippen LogP contribution in [0.5, 0.6) is 0 Å². The van der Waals surface area contributed by atoms with Crippen molar-refractivity contribution in [3.8, 4) is 11.1 Å². The molecular weight excluding hydrogens is 263 g/mol. The van der Waals surface area contributed by atoms with Crippen LogP contribution in [0.4, 0.5) is 4.39 Å². The lowest BCUT2D eigenvalue weighted by Gasteiger charge is -2.11. The molecule has 0 amide bonds. The van der Waals surface area contributed by atoms with Gasteiger partial charge in [0.25, 0.3) is 0 Å². The fourth-order valence-corrected chi connectivity index (χ4v) is 3.24. The lowest BCUT2D eigenvalue weighted by atomic mass is 9.93. The predicted molar refractivity (Wildman–Crippen MR) is 82.0 cm³/mol. The summed E-state index contributed by atoms with van der Waals surface area (Å²) >= 11 is 0. The van der Waals surface area contributed by atoms with Gasteiger partial charge in [-0.1, -0.05) is 48.5 Å². The van der Waals surface area contributed by atoms with Crippen LogP contribution in [0.3, 0.4) is 0 Å².